The largest absolute Gasteiger partial charge is 0.361 e. The first kappa shape index (κ1) is 25.0. The Bertz CT molecular complexity index is 1100. The van der Waals surface area contributed by atoms with Crippen molar-refractivity contribution in [1.29, 1.82) is 0 Å². The van der Waals surface area contributed by atoms with E-state index >= 15 is 0 Å². The van der Waals surface area contributed by atoms with Gasteiger partial charge in [0.25, 0.3) is 0 Å². The number of para-hydroxylation sites is 1. The fraction of sp³-hybridized carbons (Fsp3) is 0.467. The molecule has 1 fully saturated rings. The minimum Gasteiger partial charge on any atom is -0.361 e. The lowest BCUT2D eigenvalue weighted by molar-refractivity contribution is -0.144. The van der Waals surface area contributed by atoms with Crippen LogP contribution in [0.1, 0.15) is 63.5 Å². The first-order valence-electron chi connectivity index (χ1n) is 13.3. The van der Waals surface area contributed by atoms with Gasteiger partial charge < -0.3 is 14.8 Å². The summed E-state index contributed by atoms with van der Waals surface area (Å²) in [5.41, 5.74) is 3.44. The number of H-pyrrole nitrogens is 1. The Balaban J connectivity index is 1.49. The highest BCUT2D eigenvalue weighted by Crippen LogP contribution is 2.30. The molecule has 0 bridgehead atoms. The van der Waals surface area contributed by atoms with Crippen LogP contribution in [0.15, 0.2) is 60.8 Å². The van der Waals surface area contributed by atoms with E-state index in [-0.39, 0.29) is 30.3 Å². The maximum absolute atomic E-state index is 13.7. The van der Waals surface area contributed by atoms with Crippen LogP contribution in [0.25, 0.3) is 10.9 Å². The van der Waals surface area contributed by atoms with Gasteiger partial charge in [-0.3, -0.25) is 9.59 Å². The van der Waals surface area contributed by atoms with E-state index in [1.54, 1.807) is 0 Å². The highest BCUT2D eigenvalue weighted by atomic mass is 16.2. The summed E-state index contributed by atoms with van der Waals surface area (Å²) in [5, 5.41) is 1.20. The normalized spacial score (nSPS) is 14.1. The number of aromatic nitrogens is 1. The number of hydrogen-bond acceptors (Lipinski definition) is 2. The van der Waals surface area contributed by atoms with Crippen molar-refractivity contribution in [2.24, 2.45) is 5.92 Å². The number of carbonyl (C=O) groups excluding carboxylic acids is 2. The second-order valence-corrected chi connectivity index (χ2v) is 9.86. The van der Waals surface area contributed by atoms with Gasteiger partial charge in [-0.05, 0) is 49.3 Å². The summed E-state index contributed by atoms with van der Waals surface area (Å²) in [6, 6.07) is 18.7. The lowest BCUT2D eigenvalue weighted by Gasteiger charge is -2.30. The Morgan fingerprint density at radius 2 is 1.77 bits per heavy atom. The van der Waals surface area contributed by atoms with E-state index in [1.807, 2.05) is 40.1 Å². The number of fused-ring (bicyclic) bond motifs is 1. The van der Waals surface area contributed by atoms with Crippen molar-refractivity contribution in [3.05, 3.63) is 71.9 Å². The third-order valence-electron chi connectivity index (χ3n) is 7.22. The van der Waals surface area contributed by atoms with Gasteiger partial charge in [-0.2, -0.15) is 0 Å². The van der Waals surface area contributed by atoms with Crippen LogP contribution in [0, 0.1) is 5.92 Å². The van der Waals surface area contributed by atoms with Crippen LogP contribution >= 0.6 is 0 Å². The summed E-state index contributed by atoms with van der Waals surface area (Å²) in [7, 11) is 0. The summed E-state index contributed by atoms with van der Waals surface area (Å²) < 4.78 is 0. The van der Waals surface area contributed by atoms with Crippen LogP contribution in [0.5, 0.6) is 0 Å². The molecule has 3 aromatic rings. The highest BCUT2D eigenvalue weighted by molar-refractivity contribution is 5.87. The van der Waals surface area contributed by atoms with Crippen LogP contribution in [0.4, 0.5) is 0 Å². The average Bonchev–Trinajstić information content (AvgIpc) is 3.65. The van der Waals surface area contributed by atoms with Crippen LogP contribution in [-0.4, -0.2) is 45.7 Å². The summed E-state index contributed by atoms with van der Waals surface area (Å²) in [6.45, 7) is 5.62. The molecule has 5 heteroatoms. The van der Waals surface area contributed by atoms with Gasteiger partial charge >= 0.3 is 0 Å². The van der Waals surface area contributed by atoms with Crippen molar-refractivity contribution >= 4 is 22.7 Å². The molecule has 0 aliphatic heterocycles. The predicted octanol–water partition coefficient (Wildman–Crippen LogP) is 5.95. The van der Waals surface area contributed by atoms with Crippen molar-refractivity contribution in [3.8, 4) is 0 Å². The predicted molar refractivity (Wildman–Crippen MR) is 142 cm³/mol. The van der Waals surface area contributed by atoms with Crippen molar-refractivity contribution in [1.82, 2.24) is 14.8 Å². The molecule has 1 saturated carbocycles. The molecular weight excluding hydrogens is 434 g/mol. The molecule has 1 aliphatic rings. The number of nitrogens with one attached hydrogen (secondary N) is 1. The Labute approximate surface area is 209 Å². The fourth-order valence-corrected chi connectivity index (χ4v) is 4.90. The van der Waals surface area contributed by atoms with E-state index in [4.69, 9.17) is 0 Å². The zero-order valence-electron chi connectivity index (χ0n) is 21.2. The van der Waals surface area contributed by atoms with Crippen molar-refractivity contribution in [2.75, 3.05) is 13.1 Å². The molecule has 0 spiro atoms. The van der Waals surface area contributed by atoms with E-state index in [1.165, 1.54) is 10.9 Å². The molecule has 186 valence electrons. The molecule has 0 saturated heterocycles. The highest BCUT2D eigenvalue weighted by Gasteiger charge is 2.37. The minimum absolute atomic E-state index is 0.0251. The Kier molecular flexibility index (Phi) is 8.62. The lowest BCUT2D eigenvalue weighted by atomic mass is 9.97. The van der Waals surface area contributed by atoms with Gasteiger partial charge in [-0.15, -0.1) is 0 Å². The topological polar surface area (TPSA) is 56.4 Å². The molecule has 2 aromatic carbocycles. The van der Waals surface area contributed by atoms with Crippen LogP contribution in [0.3, 0.4) is 0 Å². The molecule has 1 atom stereocenters. The Morgan fingerprint density at radius 3 is 2.49 bits per heavy atom. The van der Waals surface area contributed by atoms with Gasteiger partial charge in [0.15, 0.2) is 0 Å². The molecule has 1 unspecified atom stereocenters. The zero-order valence-corrected chi connectivity index (χ0v) is 21.2. The molecular formula is C30H39N3O2. The lowest BCUT2D eigenvalue weighted by Crippen LogP contribution is -2.46. The van der Waals surface area contributed by atoms with Gasteiger partial charge in [0.05, 0.1) is 0 Å². The maximum Gasteiger partial charge on any atom is 0.242 e. The van der Waals surface area contributed by atoms with Crippen molar-refractivity contribution < 1.29 is 9.59 Å². The molecule has 2 amide bonds. The summed E-state index contributed by atoms with van der Waals surface area (Å²) in [5.74, 6) is 0.240. The van der Waals surface area contributed by atoms with Crippen LogP contribution in [-0.2, 0) is 22.6 Å². The Morgan fingerprint density at radius 1 is 1.03 bits per heavy atom. The van der Waals surface area contributed by atoms with Crippen molar-refractivity contribution in [3.63, 3.8) is 0 Å². The van der Waals surface area contributed by atoms with Crippen LogP contribution < -0.4 is 0 Å². The standard InChI is InChI=1S/C30H39N3O2/c1-3-5-13-24(4-2)30(35)33(26-16-17-26)22-29(34)32(21-23-11-7-6-8-12-23)19-18-25-20-31-28-15-10-9-14-27(25)28/h6-12,14-15,20,24,26,31H,3-5,13,16-19,21-22H2,1-2H3. The zero-order chi connectivity index (χ0) is 24.6. The SMILES string of the molecule is CCCCC(CC)C(=O)N(CC(=O)N(CCc1c[nH]c2ccccc12)Cc1ccccc1)C1CC1. The number of rotatable bonds is 13. The number of unbranched alkanes of at least 4 members (excludes halogenated alkanes) is 1. The second kappa shape index (κ2) is 12.1. The van der Waals surface area contributed by atoms with Gasteiger partial charge in [-0.1, -0.05) is 75.2 Å². The molecule has 5 nitrogen and oxygen atoms in total. The third-order valence-corrected chi connectivity index (χ3v) is 7.22. The number of hydrogen-bond donors (Lipinski definition) is 1. The Hall–Kier alpha value is -3.08. The molecule has 1 heterocycles. The van der Waals surface area contributed by atoms with Gasteiger partial charge in [-0.25, -0.2) is 0 Å². The minimum atomic E-state index is 0.0251. The van der Waals surface area contributed by atoms with E-state index < -0.39 is 0 Å². The molecule has 1 N–H and O–H groups in total. The monoisotopic (exact) mass is 473 g/mol. The number of benzene rings is 2. The maximum atomic E-state index is 13.7. The fourth-order valence-electron chi connectivity index (χ4n) is 4.90. The van der Waals surface area contributed by atoms with E-state index in [0.717, 1.165) is 56.0 Å². The second-order valence-electron chi connectivity index (χ2n) is 9.86. The molecule has 0 radical (unpaired) electrons. The van der Waals surface area contributed by atoms with Gasteiger partial charge in [0, 0.05) is 42.1 Å². The molecule has 1 aliphatic carbocycles. The number of amides is 2. The van der Waals surface area contributed by atoms with E-state index in [9.17, 15) is 9.59 Å². The van der Waals surface area contributed by atoms with Gasteiger partial charge in [0.2, 0.25) is 11.8 Å². The smallest absolute Gasteiger partial charge is 0.242 e. The molecule has 35 heavy (non-hydrogen) atoms. The third kappa shape index (κ3) is 6.53. The van der Waals surface area contributed by atoms with Crippen LogP contribution in [0.2, 0.25) is 0 Å². The molecule has 1 aromatic heterocycles. The quantitative estimate of drug-likeness (QED) is 0.334. The summed E-state index contributed by atoms with van der Waals surface area (Å²) in [4.78, 5) is 34.3. The first-order valence-corrected chi connectivity index (χ1v) is 13.3. The summed E-state index contributed by atoms with van der Waals surface area (Å²) >= 11 is 0. The number of carbonyl (C=O) groups is 2. The van der Waals surface area contributed by atoms with E-state index in [0.29, 0.717) is 13.1 Å². The van der Waals surface area contributed by atoms with Crippen molar-refractivity contribution in [2.45, 2.75) is 71.4 Å². The average molecular weight is 474 g/mol. The number of aromatic amines is 1. The number of nitrogens with zero attached hydrogens (tertiary/aromatic N) is 2. The summed E-state index contributed by atoms with van der Waals surface area (Å²) in [6.07, 6.45) is 8.74. The molecule has 4 rings (SSSR count). The van der Waals surface area contributed by atoms with E-state index in [2.05, 4.69) is 49.3 Å². The van der Waals surface area contributed by atoms with Gasteiger partial charge in [0.1, 0.15) is 6.54 Å². The first-order chi connectivity index (χ1) is 17.1.